The maximum atomic E-state index is 12.7. The molecule has 0 aliphatic carbocycles. The Labute approximate surface area is 159 Å². The zero-order valence-electron chi connectivity index (χ0n) is 14.4. The Kier molecular flexibility index (Phi) is 5.55. The third kappa shape index (κ3) is 4.02. The minimum absolute atomic E-state index is 0. The van der Waals surface area contributed by atoms with Gasteiger partial charge in [0.1, 0.15) is 11.4 Å². The number of amides is 1. The predicted molar refractivity (Wildman–Crippen MR) is 104 cm³/mol. The van der Waals surface area contributed by atoms with Gasteiger partial charge in [0.15, 0.2) is 0 Å². The van der Waals surface area contributed by atoms with Crippen LogP contribution in [0, 0.1) is 6.92 Å². The predicted octanol–water partition coefficient (Wildman–Crippen LogP) is 4.68. The molecular weight excluding hydrogens is 359 g/mol. The highest BCUT2D eigenvalue weighted by atomic mass is 35.5. The molecule has 3 rings (SSSR count). The Morgan fingerprint density at radius 2 is 2.04 bits per heavy atom. The molecule has 0 spiro atoms. The molecule has 134 valence electrons. The molecule has 1 unspecified atom stereocenters. The molecule has 1 heterocycles. The normalized spacial score (nSPS) is 17.7. The molecule has 3 N–H and O–H groups in total. The van der Waals surface area contributed by atoms with Gasteiger partial charge in [-0.2, -0.15) is 0 Å². The van der Waals surface area contributed by atoms with E-state index < -0.39 is 0 Å². The Morgan fingerprint density at radius 1 is 1.32 bits per heavy atom. The van der Waals surface area contributed by atoms with Crippen LogP contribution in [-0.2, 0) is 0 Å². The van der Waals surface area contributed by atoms with Gasteiger partial charge < -0.3 is 15.8 Å². The molecule has 4 nitrogen and oxygen atoms in total. The summed E-state index contributed by atoms with van der Waals surface area (Å²) in [7, 11) is 0. The molecule has 0 bridgehead atoms. The number of hydrogen-bond acceptors (Lipinski definition) is 3. The number of fused-ring (bicyclic) bond motifs is 1. The summed E-state index contributed by atoms with van der Waals surface area (Å²) in [5, 5.41) is 3.56. The lowest BCUT2D eigenvalue weighted by Crippen LogP contribution is -2.41. The maximum Gasteiger partial charge on any atom is 0.253 e. The highest BCUT2D eigenvalue weighted by molar-refractivity contribution is 6.34. The summed E-state index contributed by atoms with van der Waals surface area (Å²) in [5.41, 5.74) is 8.42. The minimum atomic E-state index is -0.378. The Bertz CT molecular complexity index is 806. The molecule has 1 amide bonds. The quantitative estimate of drug-likeness (QED) is 0.742. The molecule has 2 aromatic carbocycles. The number of anilines is 1. The van der Waals surface area contributed by atoms with Crippen molar-refractivity contribution in [1.29, 1.82) is 0 Å². The summed E-state index contributed by atoms with van der Waals surface area (Å²) in [6.07, 6.45) is 0.651. The molecule has 1 aliphatic heterocycles. The summed E-state index contributed by atoms with van der Waals surface area (Å²) in [6, 6.07) is 10.8. The van der Waals surface area contributed by atoms with E-state index in [2.05, 4.69) is 5.32 Å². The van der Waals surface area contributed by atoms with E-state index in [1.807, 2.05) is 45.0 Å². The van der Waals surface area contributed by atoms with Crippen molar-refractivity contribution in [2.75, 3.05) is 5.73 Å². The van der Waals surface area contributed by atoms with Crippen molar-refractivity contribution in [2.24, 2.45) is 0 Å². The Hall–Kier alpha value is -1.91. The van der Waals surface area contributed by atoms with Crippen molar-refractivity contribution >= 4 is 35.6 Å². The second kappa shape index (κ2) is 7.14. The van der Waals surface area contributed by atoms with Gasteiger partial charge in [0.25, 0.3) is 5.91 Å². The van der Waals surface area contributed by atoms with Crippen molar-refractivity contribution in [1.82, 2.24) is 5.32 Å². The number of nitrogens with two attached hydrogens (primary N) is 1. The maximum absolute atomic E-state index is 12.7. The first-order chi connectivity index (χ1) is 11.3. The van der Waals surface area contributed by atoms with Crippen LogP contribution in [0.3, 0.4) is 0 Å². The summed E-state index contributed by atoms with van der Waals surface area (Å²) in [6.45, 7) is 5.89. The monoisotopic (exact) mass is 380 g/mol. The van der Waals surface area contributed by atoms with Crippen molar-refractivity contribution < 1.29 is 9.53 Å². The molecule has 1 aliphatic rings. The van der Waals surface area contributed by atoms with E-state index in [1.165, 1.54) is 0 Å². The van der Waals surface area contributed by atoms with Gasteiger partial charge >= 0.3 is 0 Å². The fourth-order valence-electron chi connectivity index (χ4n) is 3.06. The molecule has 2 aromatic rings. The van der Waals surface area contributed by atoms with E-state index in [9.17, 15) is 4.79 Å². The van der Waals surface area contributed by atoms with Crippen LogP contribution in [0.25, 0.3) is 0 Å². The summed E-state index contributed by atoms with van der Waals surface area (Å²) in [5.74, 6) is 0.556. The first-order valence-corrected chi connectivity index (χ1v) is 8.29. The van der Waals surface area contributed by atoms with E-state index in [4.69, 9.17) is 22.1 Å². The number of carbonyl (C=O) groups excluding carboxylic acids is 1. The van der Waals surface area contributed by atoms with Crippen LogP contribution < -0.4 is 15.8 Å². The second-order valence-corrected chi connectivity index (χ2v) is 7.20. The number of benzene rings is 2. The van der Waals surface area contributed by atoms with Crippen LogP contribution in [0.15, 0.2) is 36.4 Å². The van der Waals surface area contributed by atoms with Crippen LogP contribution >= 0.6 is 24.0 Å². The standard InChI is InChI=1S/C19H21ClN2O2.ClH/c1-11-5-4-6-13(17(11)20)18(23)22-15-10-19(2,3)24-16-8-7-12(21)9-14(15)16;/h4-9,15H,10,21H2,1-3H3,(H,22,23);1H. The molecule has 0 radical (unpaired) electrons. The number of aryl methyl sites for hydroxylation is 1. The number of ether oxygens (including phenoxy) is 1. The SMILES string of the molecule is Cc1cccc(C(=O)NC2CC(C)(C)Oc3ccc(N)cc32)c1Cl.Cl. The lowest BCUT2D eigenvalue weighted by molar-refractivity contribution is 0.0620. The second-order valence-electron chi connectivity index (χ2n) is 6.83. The first-order valence-electron chi connectivity index (χ1n) is 7.91. The molecule has 0 aromatic heterocycles. The molecule has 25 heavy (non-hydrogen) atoms. The molecular formula is C19H22Cl2N2O2. The largest absolute Gasteiger partial charge is 0.487 e. The van der Waals surface area contributed by atoms with Crippen LogP contribution in [0.4, 0.5) is 5.69 Å². The van der Waals surface area contributed by atoms with Gasteiger partial charge in [-0.15, -0.1) is 12.4 Å². The van der Waals surface area contributed by atoms with Gasteiger partial charge in [-0.3, -0.25) is 4.79 Å². The number of hydrogen-bond donors (Lipinski definition) is 2. The highest BCUT2D eigenvalue weighted by Gasteiger charge is 2.35. The smallest absolute Gasteiger partial charge is 0.253 e. The topological polar surface area (TPSA) is 64.3 Å². The lowest BCUT2D eigenvalue weighted by atomic mass is 9.89. The molecule has 6 heteroatoms. The van der Waals surface area contributed by atoms with Gasteiger partial charge in [0.2, 0.25) is 0 Å². The summed E-state index contributed by atoms with van der Waals surface area (Å²) >= 11 is 6.28. The van der Waals surface area contributed by atoms with Crippen LogP contribution in [0.2, 0.25) is 5.02 Å². The van der Waals surface area contributed by atoms with Crippen molar-refractivity contribution in [3.8, 4) is 5.75 Å². The summed E-state index contributed by atoms with van der Waals surface area (Å²) < 4.78 is 6.00. The Morgan fingerprint density at radius 3 is 2.76 bits per heavy atom. The van der Waals surface area contributed by atoms with Gasteiger partial charge in [0, 0.05) is 17.7 Å². The van der Waals surface area contributed by atoms with E-state index in [-0.39, 0.29) is 30.0 Å². The third-order valence-electron chi connectivity index (χ3n) is 4.23. The number of nitrogen functional groups attached to an aromatic ring is 1. The Balaban J connectivity index is 0.00000225. The van der Waals surface area contributed by atoms with Gasteiger partial charge in [-0.25, -0.2) is 0 Å². The van der Waals surface area contributed by atoms with Gasteiger partial charge in [-0.05, 0) is 50.6 Å². The van der Waals surface area contributed by atoms with Crippen molar-refractivity contribution in [3.63, 3.8) is 0 Å². The van der Waals surface area contributed by atoms with Gasteiger partial charge in [0.05, 0.1) is 16.6 Å². The van der Waals surface area contributed by atoms with Crippen molar-refractivity contribution in [3.05, 3.63) is 58.1 Å². The number of nitrogens with one attached hydrogen (secondary N) is 1. The third-order valence-corrected chi connectivity index (χ3v) is 4.73. The highest BCUT2D eigenvalue weighted by Crippen LogP contribution is 2.40. The van der Waals surface area contributed by atoms with E-state index >= 15 is 0 Å². The number of halogens is 2. The number of rotatable bonds is 2. The molecule has 0 fully saturated rings. The fraction of sp³-hybridized carbons (Fsp3) is 0.316. The van der Waals surface area contributed by atoms with Crippen LogP contribution in [0.1, 0.15) is 47.8 Å². The fourth-order valence-corrected chi connectivity index (χ4v) is 3.27. The zero-order chi connectivity index (χ0) is 17.5. The van der Waals surface area contributed by atoms with Crippen LogP contribution in [0.5, 0.6) is 5.75 Å². The molecule has 0 saturated heterocycles. The van der Waals surface area contributed by atoms with E-state index in [0.717, 1.165) is 16.9 Å². The first kappa shape index (κ1) is 19.4. The number of carbonyl (C=O) groups is 1. The zero-order valence-corrected chi connectivity index (χ0v) is 16.0. The average molecular weight is 381 g/mol. The van der Waals surface area contributed by atoms with E-state index in [1.54, 1.807) is 12.1 Å². The van der Waals surface area contributed by atoms with Crippen molar-refractivity contribution in [2.45, 2.75) is 38.8 Å². The average Bonchev–Trinajstić information content (AvgIpc) is 2.50. The molecule has 0 saturated carbocycles. The lowest BCUT2D eigenvalue weighted by Gasteiger charge is -2.38. The van der Waals surface area contributed by atoms with Crippen LogP contribution in [-0.4, -0.2) is 11.5 Å². The minimum Gasteiger partial charge on any atom is -0.487 e. The summed E-state index contributed by atoms with van der Waals surface area (Å²) in [4.78, 5) is 12.7. The van der Waals surface area contributed by atoms with Gasteiger partial charge in [-0.1, -0.05) is 23.7 Å². The molecule has 1 atom stereocenters. The van der Waals surface area contributed by atoms with E-state index in [0.29, 0.717) is 22.7 Å².